The van der Waals surface area contributed by atoms with Gasteiger partial charge in [-0.15, -0.1) is 0 Å². The molecular weight excluding hydrogens is 440 g/mol. The molecule has 6 nitrogen and oxygen atoms in total. The van der Waals surface area contributed by atoms with Gasteiger partial charge in [0, 0.05) is 38.4 Å². The van der Waals surface area contributed by atoms with Crippen molar-refractivity contribution >= 4 is 17.3 Å². The van der Waals surface area contributed by atoms with Crippen LogP contribution in [0.2, 0.25) is 0 Å². The molecule has 2 aliphatic heterocycles. The molecule has 0 spiro atoms. The van der Waals surface area contributed by atoms with Gasteiger partial charge in [0.05, 0.1) is 23.5 Å². The Hall–Kier alpha value is -2.71. The molecule has 0 bridgehead atoms. The van der Waals surface area contributed by atoms with E-state index < -0.39 is 6.61 Å². The smallest absolute Gasteiger partial charge is 0.387 e. The van der Waals surface area contributed by atoms with Crippen LogP contribution in [0.1, 0.15) is 37.0 Å². The highest BCUT2D eigenvalue weighted by Gasteiger charge is 2.29. The quantitative estimate of drug-likeness (QED) is 0.614. The number of para-hydroxylation sites is 1. The lowest BCUT2D eigenvalue weighted by molar-refractivity contribution is -0.0729. The highest BCUT2D eigenvalue weighted by molar-refractivity contribution is 6.00. The highest BCUT2D eigenvalue weighted by Crippen LogP contribution is 2.27. The Kier molecular flexibility index (Phi) is 8.00. The van der Waals surface area contributed by atoms with Gasteiger partial charge in [0.1, 0.15) is 5.75 Å². The molecule has 1 N–H and O–H groups in total. The summed E-state index contributed by atoms with van der Waals surface area (Å²) in [5.74, 6) is 0.686. The molecule has 2 heterocycles. The zero-order chi connectivity index (χ0) is 24.1. The van der Waals surface area contributed by atoms with Crippen LogP contribution >= 0.6 is 0 Å². The second-order valence-electron chi connectivity index (χ2n) is 9.28. The van der Waals surface area contributed by atoms with E-state index in [0.717, 1.165) is 45.6 Å². The van der Waals surface area contributed by atoms with Crippen LogP contribution in [0.3, 0.4) is 0 Å². The van der Waals surface area contributed by atoms with E-state index in [-0.39, 0.29) is 23.9 Å². The normalized spacial score (nSPS) is 22.1. The molecule has 2 saturated heterocycles. The van der Waals surface area contributed by atoms with Gasteiger partial charge >= 0.3 is 6.61 Å². The molecule has 2 fully saturated rings. The summed E-state index contributed by atoms with van der Waals surface area (Å²) in [6, 6.07) is 13.6. The number of nitrogens with one attached hydrogen (secondary N) is 1. The Morgan fingerprint density at radius 1 is 1.06 bits per heavy atom. The number of piperidine rings is 1. The molecular formula is C26H33F2N3O3. The molecule has 4 rings (SSSR count). The van der Waals surface area contributed by atoms with E-state index in [0.29, 0.717) is 22.9 Å². The maximum Gasteiger partial charge on any atom is 0.387 e. The van der Waals surface area contributed by atoms with Crippen LogP contribution in [-0.4, -0.2) is 67.3 Å². The van der Waals surface area contributed by atoms with Gasteiger partial charge in [-0.25, -0.2) is 0 Å². The predicted octanol–water partition coefficient (Wildman–Crippen LogP) is 4.99. The van der Waals surface area contributed by atoms with Crippen molar-refractivity contribution in [1.82, 2.24) is 9.80 Å². The molecule has 2 unspecified atom stereocenters. The fourth-order valence-corrected chi connectivity index (χ4v) is 4.94. The molecule has 34 heavy (non-hydrogen) atoms. The molecule has 0 aromatic heterocycles. The summed E-state index contributed by atoms with van der Waals surface area (Å²) < 4.78 is 35.0. The van der Waals surface area contributed by atoms with E-state index in [1.165, 1.54) is 12.1 Å². The Bertz CT molecular complexity index is 939. The van der Waals surface area contributed by atoms with Crippen LogP contribution in [0.4, 0.5) is 20.2 Å². The number of carbonyl (C=O) groups is 1. The van der Waals surface area contributed by atoms with E-state index in [1.807, 2.05) is 29.2 Å². The van der Waals surface area contributed by atoms with Gasteiger partial charge in [0.2, 0.25) is 0 Å². The van der Waals surface area contributed by atoms with Crippen molar-refractivity contribution in [2.75, 3.05) is 38.0 Å². The van der Waals surface area contributed by atoms with E-state index in [4.69, 9.17) is 4.74 Å². The molecule has 2 atom stereocenters. The van der Waals surface area contributed by atoms with Gasteiger partial charge < -0.3 is 19.7 Å². The number of carbonyl (C=O) groups excluding carboxylic acids is 1. The van der Waals surface area contributed by atoms with Crippen LogP contribution in [0.25, 0.3) is 0 Å². The first-order valence-electron chi connectivity index (χ1n) is 12.0. The molecule has 0 aliphatic carbocycles. The van der Waals surface area contributed by atoms with Crippen LogP contribution in [0.15, 0.2) is 48.5 Å². The maximum absolute atomic E-state index is 13.3. The summed E-state index contributed by atoms with van der Waals surface area (Å²) >= 11 is 0. The average Bonchev–Trinajstić information content (AvgIpc) is 2.80. The second-order valence-corrected chi connectivity index (χ2v) is 9.28. The highest BCUT2D eigenvalue weighted by atomic mass is 19.3. The van der Waals surface area contributed by atoms with Gasteiger partial charge in [0.15, 0.2) is 0 Å². The molecule has 0 radical (unpaired) electrons. The summed E-state index contributed by atoms with van der Waals surface area (Å²) in [6.07, 6.45) is 2.52. The number of morpholine rings is 1. The first kappa shape index (κ1) is 24.4. The third kappa shape index (κ3) is 6.45. The number of benzene rings is 2. The van der Waals surface area contributed by atoms with E-state index in [9.17, 15) is 13.6 Å². The average molecular weight is 474 g/mol. The minimum atomic E-state index is -2.86. The summed E-state index contributed by atoms with van der Waals surface area (Å²) in [6.45, 7) is 5.88. The number of alkyl halides is 2. The minimum Gasteiger partial charge on any atom is -0.435 e. The Morgan fingerprint density at radius 3 is 2.35 bits per heavy atom. The van der Waals surface area contributed by atoms with Crippen molar-refractivity contribution in [2.24, 2.45) is 5.92 Å². The van der Waals surface area contributed by atoms with E-state index in [2.05, 4.69) is 28.8 Å². The third-order valence-electron chi connectivity index (χ3n) is 6.43. The SMILES string of the molecule is CC1CN(CC2CCN(C(=O)c3ccccc3Nc3ccc(OC(F)F)cc3)CC2)CC(C)O1. The van der Waals surface area contributed by atoms with Gasteiger partial charge in [-0.05, 0) is 69.0 Å². The number of amides is 1. The topological polar surface area (TPSA) is 54.0 Å². The summed E-state index contributed by atoms with van der Waals surface area (Å²) in [4.78, 5) is 17.8. The molecule has 1 amide bonds. The largest absolute Gasteiger partial charge is 0.435 e. The monoisotopic (exact) mass is 473 g/mol. The van der Waals surface area contributed by atoms with E-state index in [1.54, 1.807) is 12.1 Å². The minimum absolute atomic E-state index is 0.00724. The van der Waals surface area contributed by atoms with Crippen molar-refractivity contribution < 1.29 is 23.0 Å². The number of anilines is 2. The van der Waals surface area contributed by atoms with E-state index >= 15 is 0 Å². The molecule has 2 aromatic carbocycles. The Morgan fingerprint density at radius 2 is 1.71 bits per heavy atom. The fourth-order valence-electron chi connectivity index (χ4n) is 4.94. The maximum atomic E-state index is 13.3. The van der Waals surface area contributed by atoms with Crippen LogP contribution in [0.5, 0.6) is 5.75 Å². The molecule has 8 heteroatoms. The molecule has 0 saturated carbocycles. The lowest BCUT2D eigenvalue weighted by atomic mass is 9.95. The Balaban J connectivity index is 1.34. The number of ether oxygens (including phenoxy) is 2. The second kappa shape index (κ2) is 11.1. The van der Waals surface area contributed by atoms with Gasteiger partial charge in [-0.3, -0.25) is 9.69 Å². The standard InChI is InChI=1S/C26H33F2N3O3/c1-18-15-30(16-19(2)33-18)17-20-11-13-31(14-12-20)25(32)23-5-3-4-6-24(23)29-21-7-9-22(10-8-21)34-26(27)28/h3-10,18-20,26,29H,11-17H2,1-2H3. The van der Waals surface area contributed by atoms with Crippen LogP contribution in [0, 0.1) is 5.92 Å². The summed E-state index contributed by atoms with van der Waals surface area (Å²) in [7, 11) is 0. The zero-order valence-electron chi connectivity index (χ0n) is 19.8. The Labute approximate surface area is 199 Å². The number of hydrogen-bond acceptors (Lipinski definition) is 5. The van der Waals surface area contributed by atoms with Crippen molar-refractivity contribution in [2.45, 2.75) is 45.5 Å². The number of rotatable bonds is 7. The van der Waals surface area contributed by atoms with Crippen molar-refractivity contribution in [3.63, 3.8) is 0 Å². The van der Waals surface area contributed by atoms with Crippen molar-refractivity contribution in [3.05, 3.63) is 54.1 Å². The van der Waals surface area contributed by atoms with Gasteiger partial charge in [-0.2, -0.15) is 8.78 Å². The molecule has 2 aliphatic rings. The zero-order valence-corrected chi connectivity index (χ0v) is 19.8. The summed E-state index contributed by atoms with van der Waals surface area (Å²) in [5, 5.41) is 3.24. The first-order valence-corrected chi connectivity index (χ1v) is 12.0. The van der Waals surface area contributed by atoms with Crippen molar-refractivity contribution in [1.29, 1.82) is 0 Å². The van der Waals surface area contributed by atoms with Crippen LogP contribution in [-0.2, 0) is 4.74 Å². The lowest BCUT2D eigenvalue weighted by Crippen LogP contribution is -2.48. The fraction of sp³-hybridized carbons (Fsp3) is 0.500. The number of halogens is 2. The number of likely N-dealkylation sites (tertiary alicyclic amines) is 1. The van der Waals surface area contributed by atoms with Crippen LogP contribution < -0.4 is 10.1 Å². The third-order valence-corrected chi connectivity index (χ3v) is 6.43. The predicted molar refractivity (Wildman–Crippen MR) is 128 cm³/mol. The number of hydrogen-bond donors (Lipinski definition) is 1. The molecule has 2 aromatic rings. The lowest BCUT2D eigenvalue weighted by Gasteiger charge is -2.39. The van der Waals surface area contributed by atoms with Crippen molar-refractivity contribution in [3.8, 4) is 5.75 Å². The molecule has 184 valence electrons. The number of nitrogens with zero attached hydrogens (tertiary/aromatic N) is 2. The van der Waals surface area contributed by atoms with Gasteiger partial charge in [0.25, 0.3) is 5.91 Å². The van der Waals surface area contributed by atoms with Gasteiger partial charge in [-0.1, -0.05) is 12.1 Å². The summed E-state index contributed by atoms with van der Waals surface area (Å²) in [5.41, 5.74) is 1.98. The first-order chi connectivity index (χ1) is 16.4.